The predicted molar refractivity (Wildman–Crippen MR) is 51.5 cm³/mol. The molecule has 0 aromatic rings. The molecule has 3 fully saturated rings. The fourth-order valence-electron chi connectivity index (χ4n) is 3.34. The molecule has 0 spiro atoms. The van der Waals surface area contributed by atoms with Crippen molar-refractivity contribution in [1.82, 2.24) is 0 Å². The normalized spacial score (nSPS) is 45.2. The summed E-state index contributed by atoms with van der Waals surface area (Å²) in [6.45, 7) is 0.447. The van der Waals surface area contributed by atoms with E-state index in [1.165, 1.54) is 0 Å². The summed E-state index contributed by atoms with van der Waals surface area (Å²) in [6, 6.07) is 0. The van der Waals surface area contributed by atoms with Crippen molar-refractivity contribution in [1.29, 1.82) is 0 Å². The van der Waals surface area contributed by atoms with Gasteiger partial charge in [0.15, 0.2) is 0 Å². The van der Waals surface area contributed by atoms with E-state index in [0.717, 1.165) is 0 Å². The van der Waals surface area contributed by atoms with Gasteiger partial charge >= 0.3 is 17.9 Å². The Bertz CT molecular complexity index is 418. The maximum Gasteiger partial charge on any atom is 0.377 e. The van der Waals surface area contributed by atoms with E-state index in [-0.39, 0.29) is 5.92 Å². The highest BCUT2D eigenvalue weighted by Gasteiger charge is 2.68. The van der Waals surface area contributed by atoms with E-state index in [1.807, 2.05) is 0 Å². The van der Waals surface area contributed by atoms with Crippen molar-refractivity contribution in [2.45, 2.75) is 37.6 Å². The first-order valence-electron chi connectivity index (χ1n) is 5.78. The fraction of sp³-hybridized carbons (Fsp3) is 0.818. The van der Waals surface area contributed by atoms with Gasteiger partial charge < -0.3 is 14.6 Å². The smallest absolute Gasteiger partial charge is 0.377 e. The largest absolute Gasteiger partial charge is 0.458 e. The molecule has 0 radical (unpaired) electrons. The third-order valence-corrected chi connectivity index (χ3v) is 4.11. The van der Waals surface area contributed by atoms with E-state index < -0.39 is 48.0 Å². The number of aliphatic hydroxyl groups excluding tert-OH is 1. The van der Waals surface area contributed by atoms with Crippen molar-refractivity contribution in [3.8, 4) is 0 Å². The molecular weight excluding hydrogens is 250 g/mol. The summed E-state index contributed by atoms with van der Waals surface area (Å²) in [6.07, 6.45) is -2.13. The van der Waals surface area contributed by atoms with Gasteiger partial charge in [0, 0.05) is 18.8 Å². The lowest BCUT2D eigenvalue weighted by molar-refractivity contribution is -0.185. The van der Waals surface area contributed by atoms with Gasteiger partial charge in [-0.2, -0.15) is 8.78 Å². The number of hydrogen-bond acceptors (Lipinski definition) is 5. The number of halogens is 2. The zero-order chi connectivity index (χ0) is 13.2. The molecule has 1 N–H and O–H groups in total. The van der Waals surface area contributed by atoms with Gasteiger partial charge in [0.05, 0.1) is 12.0 Å². The highest BCUT2D eigenvalue weighted by molar-refractivity contribution is 5.79. The summed E-state index contributed by atoms with van der Waals surface area (Å²) in [4.78, 5) is 22.6. The van der Waals surface area contributed by atoms with E-state index in [9.17, 15) is 23.5 Å². The van der Waals surface area contributed by atoms with Crippen LogP contribution in [0.1, 0.15) is 13.3 Å². The lowest BCUT2D eigenvalue weighted by Gasteiger charge is -2.29. The van der Waals surface area contributed by atoms with Crippen LogP contribution in [0.2, 0.25) is 0 Å². The molecule has 5 nitrogen and oxygen atoms in total. The topological polar surface area (TPSA) is 72.8 Å². The Balaban J connectivity index is 1.80. The molecule has 2 saturated carbocycles. The van der Waals surface area contributed by atoms with E-state index in [1.54, 1.807) is 0 Å². The number of alkyl halides is 2. The average molecular weight is 262 g/mol. The summed E-state index contributed by atoms with van der Waals surface area (Å²) in [7, 11) is 0. The van der Waals surface area contributed by atoms with E-state index >= 15 is 0 Å². The van der Waals surface area contributed by atoms with Gasteiger partial charge in [0.1, 0.15) is 12.2 Å². The first kappa shape index (κ1) is 11.8. The van der Waals surface area contributed by atoms with Crippen molar-refractivity contribution in [2.24, 2.45) is 17.8 Å². The van der Waals surface area contributed by atoms with Crippen molar-refractivity contribution in [3.63, 3.8) is 0 Å². The van der Waals surface area contributed by atoms with Gasteiger partial charge in [0.25, 0.3) is 0 Å². The van der Waals surface area contributed by atoms with Gasteiger partial charge in [-0.05, 0) is 6.42 Å². The molecule has 0 amide bonds. The molecule has 3 rings (SSSR count). The van der Waals surface area contributed by atoms with E-state index in [4.69, 9.17) is 9.47 Å². The van der Waals surface area contributed by atoms with Gasteiger partial charge in [-0.15, -0.1) is 0 Å². The third-order valence-electron chi connectivity index (χ3n) is 4.11. The second-order valence-corrected chi connectivity index (χ2v) is 5.24. The molecule has 7 heteroatoms. The Hall–Kier alpha value is -1.24. The minimum atomic E-state index is -3.59. The van der Waals surface area contributed by atoms with Gasteiger partial charge in [0.2, 0.25) is 0 Å². The summed E-state index contributed by atoms with van der Waals surface area (Å²) in [5.74, 6) is -7.05. The quantitative estimate of drug-likeness (QED) is 0.715. The van der Waals surface area contributed by atoms with Gasteiger partial charge in [-0.1, -0.05) is 0 Å². The predicted octanol–water partition coefficient (Wildman–Crippen LogP) is 0.106. The van der Waals surface area contributed by atoms with Crippen LogP contribution in [0.4, 0.5) is 8.78 Å². The first-order chi connectivity index (χ1) is 8.30. The highest BCUT2D eigenvalue weighted by atomic mass is 19.3. The molecule has 1 heterocycles. The zero-order valence-electron chi connectivity index (χ0n) is 9.51. The lowest BCUT2D eigenvalue weighted by Crippen LogP contribution is -2.45. The number of rotatable bonds is 2. The van der Waals surface area contributed by atoms with E-state index in [2.05, 4.69) is 0 Å². The second kappa shape index (κ2) is 3.40. The minimum absolute atomic E-state index is 0.222. The van der Waals surface area contributed by atoms with Crippen molar-refractivity contribution in [3.05, 3.63) is 0 Å². The van der Waals surface area contributed by atoms with Crippen LogP contribution in [-0.2, 0) is 19.1 Å². The van der Waals surface area contributed by atoms with Crippen LogP contribution < -0.4 is 0 Å². The Morgan fingerprint density at radius 3 is 2.78 bits per heavy atom. The number of esters is 2. The molecule has 1 aliphatic heterocycles. The Kier molecular flexibility index (Phi) is 2.24. The van der Waals surface area contributed by atoms with Crippen LogP contribution in [0.5, 0.6) is 0 Å². The fourth-order valence-corrected chi connectivity index (χ4v) is 3.34. The molecule has 2 aliphatic carbocycles. The Morgan fingerprint density at radius 2 is 2.17 bits per heavy atom. The summed E-state index contributed by atoms with van der Waals surface area (Å²) in [5, 5.41) is 9.88. The number of carbonyl (C=O) groups is 2. The standard InChI is InChI=1S/C11H12F2O5/c1-11(12,13)10(16)18-8-4-2-3-5(6(4)14)9(15)17-7(3)8/h3-8,14H,2H2,1H3. The molecular formula is C11H12F2O5. The van der Waals surface area contributed by atoms with Crippen LogP contribution in [0, 0.1) is 17.8 Å². The van der Waals surface area contributed by atoms with Gasteiger partial charge in [-0.3, -0.25) is 4.79 Å². The minimum Gasteiger partial charge on any atom is -0.458 e. The molecule has 0 aromatic heterocycles. The third kappa shape index (κ3) is 1.39. The SMILES string of the molecule is CC(F)(F)C(=O)OC1C2CC3C1OC(=O)C3C2O. The molecule has 2 bridgehead atoms. The highest BCUT2D eigenvalue weighted by Crippen LogP contribution is 2.55. The molecule has 100 valence electrons. The summed E-state index contributed by atoms with van der Waals surface area (Å²) < 4.78 is 35.3. The summed E-state index contributed by atoms with van der Waals surface area (Å²) >= 11 is 0. The number of hydrogen-bond donors (Lipinski definition) is 1. The number of fused-ring (bicyclic) bond motifs is 1. The Morgan fingerprint density at radius 1 is 1.50 bits per heavy atom. The van der Waals surface area contributed by atoms with E-state index in [0.29, 0.717) is 13.3 Å². The molecule has 3 aliphatic rings. The van der Waals surface area contributed by atoms with Crippen molar-refractivity contribution in [2.75, 3.05) is 0 Å². The molecule has 6 atom stereocenters. The first-order valence-corrected chi connectivity index (χ1v) is 5.78. The van der Waals surface area contributed by atoms with Crippen molar-refractivity contribution >= 4 is 11.9 Å². The number of ether oxygens (including phenoxy) is 2. The number of carbonyl (C=O) groups excluding carboxylic acids is 2. The van der Waals surface area contributed by atoms with Crippen molar-refractivity contribution < 1.29 is 33.0 Å². The van der Waals surface area contributed by atoms with Gasteiger partial charge in [-0.25, -0.2) is 4.79 Å². The van der Waals surface area contributed by atoms with Crippen LogP contribution in [0.15, 0.2) is 0 Å². The van der Waals surface area contributed by atoms with Crippen LogP contribution >= 0.6 is 0 Å². The second-order valence-electron chi connectivity index (χ2n) is 5.24. The maximum atomic E-state index is 12.8. The van der Waals surface area contributed by atoms with Crippen LogP contribution in [0.25, 0.3) is 0 Å². The lowest BCUT2D eigenvalue weighted by atomic mass is 9.85. The summed E-state index contributed by atoms with van der Waals surface area (Å²) in [5.41, 5.74) is 0. The Labute approximate surface area is 101 Å². The number of aliphatic hydroxyl groups is 1. The van der Waals surface area contributed by atoms with Crippen LogP contribution in [-0.4, -0.2) is 41.3 Å². The molecule has 1 saturated heterocycles. The average Bonchev–Trinajstić information content (AvgIpc) is 2.81. The molecule has 0 aromatic carbocycles. The maximum absolute atomic E-state index is 12.8. The van der Waals surface area contributed by atoms with Crippen LogP contribution in [0.3, 0.4) is 0 Å². The molecule has 18 heavy (non-hydrogen) atoms. The molecule has 6 unspecified atom stereocenters. The zero-order valence-corrected chi connectivity index (χ0v) is 9.51. The monoisotopic (exact) mass is 262 g/mol.